The molecule has 138 valence electrons. The summed E-state index contributed by atoms with van der Waals surface area (Å²) in [5.41, 5.74) is 5.33. The number of hydrogen-bond acceptors (Lipinski definition) is 4. The molecule has 0 bridgehead atoms. The molecule has 3 heterocycles. The Morgan fingerprint density at radius 2 is 1.89 bits per heavy atom. The maximum atomic E-state index is 5.47. The molecule has 0 fully saturated rings. The lowest BCUT2D eigenvalue weighted by Crippen LogP contribution is -1.99. The zero-order valence-corrected chi connectivity index (χ0v) is 15.7. The van der Waals surface area contributed by atoms with E-state index in [4.69, 9.17) is 4.74 Å². The van der Waals surface area contributed by atoms with Gasteiger partial charge in [-0.25, -0.2) is 4.98 Å². The van der Waals surface area contributed by atoms with Crippen molar-refractivity contribution in [2.75, 3.05) is 7.11 Å². The SMILES string of the molecule is COc1ccc2c(-c3cc(C)nc4ncnn34)cn(Cc3ccccc3)c2c1. The lowest BCUT2D eigenvalue weighted by molar-refractivity contribution is 0.415. The Bertz CT molecular complexity index is 1290. The van der Waals surface area contributed by atoms with Crippen LogP contribution in [0.4, 0.5) is 0 Å². The molecule has 5 rings (SSSR count). The number of benzene rings is 2. The van der Waals surface area contributed by atoms with Gasteiger partial charge in [-0.1, -0.05) is 30.3 Å². The molecule has 0 N–H and O–H groups in total. The second kappa shape index (κ2) is 6.49. The molecule has 3 aromatic heterocycles. The van der Waals surface area contributed by atoms with Gasteiger partial charge in [0.05, 0.1) is 18.3 Å². The van der Waals surface area contributed by atoms with Crippen molar-refractivity contribution in [1.29, 1.82) is 0 Å². The summed E-state index contributed by atoms with van der Waals surface area (Å²) in [5.74, 6) is 1.44. The van der Waals surface area contributed by atoms with E-state index in [-0.39, 0.29) is 0 Å². The van der Waals surface area contributed by atoms with E-state index < -0.39 is 0 Å². The molecular weight excluding hydrogens is 350 g/mol. The first kappa shape index (κ1) is 16.5. The summed E-state index contributed by atoms with van der Waals surface area (Å²) in [6, 6.07) is 18.7. The van der Waals surface area contributed by atoms with Gasteiger partial charge < -0.3 is 9.30 Å². The van der Waals surface area contributed by atoms with E-state index in [1.807, 2.05) is 25.1 Å². The summed E-state index contributed by atoms with van der Waals surface area (Å²) in [6.07, 6.45) is 3.71. The fraction of sp³-hybridized carbons (Fsp3) is 0.136. The van der Waals surface area contributed by atoms with E-state index in [2.05, 4.69) is 62.2 Å². The molecule has 6 nitrogen and oxygen atoms in total. The molecule has 6 heteroatoms. The Kier molecular flexibility index (Phi) is 3.83. The summed E-state index contributed by atoms with van der Waals surface area (Å²) >= 11 is 0. The molecular formula is C22H19N5O. The molecule has 0 saturated carbocycles. The molecule has 0 aliphatic carbocycles. The highest BCUT2D eigenvalue weighted by Gasteiger charge is 2.16. The largest absolute Gasteiger partial charge is 0.497 e. The maximum Gasteiger partial charge on any atom is 0.252 e. The predicted octanol–water partition coefficient (Wildman–Crippen LogP) is 4.11. The standard InChI is InChI=1S/C22H19N5O/c1-15-10-21(27-22(25-15)23-14-24-27)19-13-26(12-16-6-4-3-5-7-16)20-11-17(28-2)8-9-18(19)20/h3-11,13-14H,12H2,1-2H3. The number of aromatic nitrogens is 5. The van der Waals surface area contributed by atoms with Crippen molar-refractivity contribution in [2.45, 2.75) is 13.5 Å². The first-order chi connectivity index (χ1) is 13.7. The van der Waals surface area contributed by atoms with E-state index in [9.17, 15) is 0 Å². The summed E-state index contributed by atoms with van der Waals surface area (Å²) in [7, 11) is 1.69. The zero-order valence-electron chi connectivity index (χ0n) is 15.7. The van der Waals surface area contributed by atoms with Crippen LogP contribution in [0.1, 0.15) is 11.3 Å². The number of methoxy groups -OCH3 is 1. The van der Waals surface area contributed by atoms with Gasteiger partial charge in [0.2, 0.25) is 0 Å². The van der Waals surface area contributed by atoms with Crippen LogP contribution in [0.3, 0.4) is 0 Å². The molecule has 0 saturated heterocycles. The van der Waals surface area contributed by atoms with Crippen molar-refractivity contribution in [3.8, 4) is 17.0 Å². The van der Waals surface area contributed by atoms with Crippen LogP contribution < -0.4 is 4.74 Å². The predicted molar refractivity (Wildman–Crippen MR) is 109 cm³/mol. The van der Waals surface area contributed by atoms with E-state index in [0.717, 1.165) is 40.1 Å². The average Bonchev–Trinajstić information content (AvgIpc) is 3.32. The molecule has 5 aromatic rings. The van der Waals surface area contributed by atoms with Crippen molar-refractivity contribution in [3.63, 3.8) is 0 Å². The summed E-state index contributed by atoms with van der Waals surface area (Å²) in [6.45, 7) is 2.75. The number of ether oxygens (including phenoxy) is 1. The Morgan fingerprint density at radius 1 is 1.04 bits per heavy atom. The van der Waals surface area contributed by atoms with Gasteiger partial charge in [-0.2, -0.15) is 14.6 Å². The molecule has 0 spiro atoms. The van der Waals surface area contributed by atoms with Crippen molar-refractivity contribution in [2.24, 2.45) is 0 Å². The van der Waals surface area contributed by atoms with Gasteiger partial charge in [0, 0.05) is 35.5 Å². The van der Waals surface area contributed by atoms with Crippen LogP contribution in [-0.2, 0) is 6.54 Å². The van der Waals surface area contributed by atoms with Crippen molar-refractivity contribution < 1.29 is 4.74 Å². The monoisotopic (exact) mass is 369 g/mol. The van der Waals surface area contributed by atoms with E-state index in [0.29, 0.717) is 5.78 Å². The summed E-state index contributed by atoms with van der Waals surface area (Å²) < 4.78 is 9.51. The fourth-order valence-corrected chi connectivity index (χ4v) is 3.64. The van der Waals surface area contributed by atoms with Gasteiger partial charge in [-0.05, 0) is 30.7 Å². The van der Waals surface area contributed by atoms with Crippen LogP contribution in [0.15, 0.2) is 67.1 Å². The molecule has 0 amide bonds. The first-order valence-electron chi connectivity index (χ1n) is 9.11. The number of aryl methyl sites for hydroxylation is 1. The molecule has 0 aliphatic heterocycles. The number of fused-ring (bicyclic) bond motifs is 2. The van der Waals surface area contributed by atoms with Crippen LogP contribution in [0.5, 0.6) is 5.75 Å². The van der Waals surface area contributed by atoms with Gasteiger partial charge in [-0.15, -0.1) is 0 Å². The minimum absolute atomic E-state index is 0.604. The number of nitrogens with zero attached hydrogens (tertiary/aromatic N) is 5. The average molecular weight is 369 g/mol. The van der Waals surface area contributed by atoms with Crippen LogP contribution in [0.2, 0.25) is 0 Å². The second-order valence-corrected chi connectivity index (χ2v) is 6.79. The van der Waals surface area contributed by atoms with Crippen LogP contribution in [-0.4, -0.2) is 31.3 Å². The number of hydrogen-bond donors (Lipinski definition) is 0. The summed E-state index contributed by atoms with van der Waals surface area (Å²) in [4.78, 5) is 8.73. The normalized spacial score (nSPS) is 11.4. The molecule has 0 aliphatic rings. The molecule has 28 heavy (non-hydrogen) atoms. The lowest BCUT2D eigenvalue weighted by atomic mass is 10.1. The number of rotatable bonds is 4. The lowest BCUT2D eigenvalue weighted by Gasteiger charge is -2.06. The quantitative estimate of drug-likeness (QED) is 0.478. The van der Waals surface area contributed by atoms with Gasteiger partial charge in [0.15, 0.2) is 0 Å². The molecule has 0 unspecified atom stereocenters. The Morgan fingerprint density at radius 3 is 2.71 bits per heavy atom. The van der Waals surface area contributed by atoms with Crippen molar-refractivity contribution in [3.05, 3.63) is 78.4 Å². The van der Waals surface area contributed by atoms with Gasteiger partial charge in [0.25, 0.3) is 5.78 Å². The highest BCUT2D eigenvalue weighted by Crippen LogP contribution is 2.33. The highest BCUT2D eigenvalue weighted by molar-refractivity contribution is 5.96. The van der Waals surface area contributed by atoms with E-state index in [1.165, 1.54) is 11.9 Å². The maximum absolute atomic E-state index is 5.47. The van der Waals surface area contributed by atoms with Crippen LogP contribution in [0, 0.1) is 6.92 Å². The fourth-order valence-electron chi connectivity index (χ4n) is 3.64. The highest BCUT2D eigenvalue weighted by atomic mass is 16.5. The first-order valence-corrected chi connectivity index (χ1v) is 9.11. The molecule has 0 atom stereocenters. The van der Waals surface area contributed by atoms with Gasteiger partial charge in [0.1, 0.15) is 12.1 Å². The smallest absolute Gasteiger partial charge is 0.252 e. The Labute approximate surface area is 162 Å². The van der Waals surface area contributed by atoms with Gasteiger partial charge >= 0.3 is 0 Å². The van der Waals surface area contributed by atoms with Crippen LogP contribution in [0.25, 0.3) is 27.9 Å². The zero-order chi connectivity index (χ0) is 19.1. The third-order valence-corrected chi connectivity index (χ3v) is 4.94. The van der Waals surface area contributed by atoms with Crippen molar-refractivity contribution >= 4 is 16.7 Å². The van der Waals surface area contributed by atoms with E-state index in [1.54, 1.807) is 11.6 Å². The Balaban J connectivity index is 1.76. The van der Waals surface area contributed by atoms with Crippen LogP contribution >= 0.6 is 0 Å². The Hall–Kier alpha value is -3.67. The van der Waals surface area contributed by atoms with Gasteiger partial charge in [-0.3, -0.25) is 0 Å². The molecule has 2 aromatic carbocycles. The molecule has 0 radical (unpaired) electrons. The van der Waals surface area contributed by atoms with Crippen molar-refractivity contribution in [1.82, 2.24) is 24.1 Å². The minimum Gasteiger partial charge on any atom is -0.497 e. The third kappa shape index (κ3) is 2.70. The van der Waals surface area contributed by atoms with E-state index >= 15 is 0 Å². The summed E-state index contributed by atoms with van der Waals surface area (Å²) in [5, 5.41) is 5.52. The minimum atomic E-state index is 0.604. The third-order valence-electron chi connectivity index (χ3n) is 4.94. The second-order valence-electron chi connectivity index (χ2n) is 6.79. The topological polar surface area (TPSA) is 57.2 Å².